The van der Waals surface area contributed by atoms with Gasteiger partial charge in [0.25, 0.3) is 5.22 Å². The third-order valence-electron chi connectivity index (χ3n) is 4.26. The lowest BCUT2D eigenvalue weighted by Gasteiger charge is -2.08. The Morgan fingerprint density at radius 3 is 2.93 bits per heavy atom. The molecule has 8 nitrogen and oxygen atoms in total. The molecule has 0 spiro atoms. The predicted molar refractivity (Wildman–Crippen MR) is 106 cm³/mol. The van der Waals surface area contributed by atoms with Crippen LogP contribution >= 0.6 is 11.8 Å². The summed E-state index contributed by atoms with van der Waals surface area (Å²) in [5.74, 6) is 2.60. The van der Waals surface area contributed by atoms with Crippen molar-refractivity contribution in [2.75, 3.05) is 26.2 Å². The first-order chi connectivity index (χ1) is 14.2. The number of carbonyl (C=O) groups is 1. The van der Waals surface area contributed by atoms with Gasteiger partial charge in [0.15, 0.2) is 11.5 Å². The summed E-state index contributed by atoms with van der Waals surface area (Å²) in [4.78, 5) is 12.1. The van der Waals surface area contributed by atoms with Gasteiger partial charge in [-0.25, -0.2) is 0 Å². The van der Waals surface area contributed by atoms with Crippen LogP contribution in [0.25, 0.3) is 11.5 Å². The van der Waals surface area contributed by atoms with E-state index in [1.165, 1.54) is 11.8 Å². The highest BCUT2D eigenvalue weighted by Crippen LogP contribution is 2.35. The Hall–Kier alpha value is -3.20. The molecule has 0 saturated heterocycles. The fraction of sp³-hybridized carbons (Fsp3) is 0.250. The predicted octanol–water partition coefficient (Wildman–Crippen LogP) is 2.92. The molecule has 1 amide bonds. The Morgan fingerprint density at radius 2 is 2.03 bits per heavy atom. The minimum absolute atomic E-state index is 0.104. The molecule has 29 heavy (non-hydrogen) atoms. The summed E-state index contributed by atoms with van der Waals surface area (Å²) in [6.45, 7) is 0.724. The number of nitrogens with zero attached hydrogens (tertiary/aromatic N) is 2. The number of methoxy groups -OCH3 is 1. The lowest BCUT2D eigenvalue weighted by Crippen LogP contribution is -2.27. The van der Waals surface area contributed by atoms with Gasteiger partial charge in [-0.1, -0.05) is 30.0 Å². The van der Waals surface area contributed by atoms with Gasteiger partial charge in [0.2, 0.25) is 18.6 Å². The summed E-state index contributed by atoms with van der Waals surface area (Å²) in [5, 5.41) is 11.2. The first-order valence-corrected chi connectivity index (χ1v) is 9.96. The molecular weight excluding hydrogens is 394 g/mol. The molecule has 0 bridgehead atoms. The maximum absolute atomic E-state index is 12.1. The van der Waals surface area contributed by atoms with Crippen molar-refractivity contribution in [3.05, 3.63) is 48.0 Å². The van der Waals surface area contributed by atoms with E-state index in [0.717, 1.165) is 16.9 Å². The number of fused-ring (bicyclic) bond motifs is 1. The van der Waals surface area contributed by atoms with Gasteiger partial charge in [-0.3, -0.25) is 4.79 Å². The number of benzene rings is 2. The zero-order valence-corrected chi connectivity index (χ0v) is 16.5. The molecule has 1 aliphatic rings. The van der Waals surface area contributed by atoms with Crippen LogP contribution < -0.4 is 19.5 Å². The summed E-state index contributed by atoms with van der Waals surface area (Å²) in [6, 6.07) is 13.2. The van der Waals surface area contributed by atoms with E-state index in [9.17, 15) is 4.79 Å². The smallest absolute Gasteiger partial charge is 0.277 e. The molecular formula is C20H19N3O5S. The second-order valence-electron chi connectivity index (χ2n) is 6.14. The summed E-state index contributed by atoms with van der Waals surface area (Å²) in [5.41, 5.74) is 1.78. The number of hydrogen-bond acceptors (Lipinski definition) is 8. The van der Waals surface area contributed by atoms with E-state index in [2.05, 4.69) is 15.5 Å². The van der Waals surface area contributed by atoms with Crippen LogP contribution in [0, 0.1) is 0 Å². The molecule has 0 saturated carbocycles. The van der Waals surface area contributed by atoms with Gasteiger partial charge in [-0.2, -0.15) is 0 Å². The standard InChI is InChI=1S/C20H19N3O5S/c1-25-15-5-3-2-4-13(15)8-9-21-18(24)11-29-20-23-22-19(28-20)14-6-7-16-17(10-14)27-12-26-16/h2-7,10H,8-9,11-12H2,1H3,(H,21,24). The number of nitrogens with one attached hydrogen (secondary N) is 1. The quantitative estimate of drug-likeness (QED) is 0.563. The largest absolute Gasteiger partial charge is 0.496 e. The number of rotatable bonds is 8. The molecule has 0 fully saturated rings. The Kier molecular flexibility index (Phi) is 5.85. The number of para-hydroxylation sites is 1. The molecule has 1 aliphatic heterocycles. The monoisotopic (exact) mass is 413 g/mol. The van der Waals surface area contributed by atoms with Crippen molar-refractivity contribution < 1.29 is 23.4 Å². The summed E-state index contributed by atoms with van der Waals surface area (Å²) in [7, 11) is 1.64. The third-order valence-corrected chi connectivity index (χ3v) is 5.08. The summed E-state index contributed by atoms with van der Waals surface area (Å²) in [6.07, 6.45) is 0.690. The van der Waals surface area contributed by atoms with Gasteiger partial charge in [0, 0.05) is 12.1 Å². The molecule has 0 aliphatic carbocycles. The molecule has 1 N–H and O–H groups in total. The van der Waals surface area contributed by atoms with Crippen LogP contribution in [-0.2, 0) is 11.2 Å². The van der Waals surface area contributed by atoms with E-state index in [0.29, 0.717) is 35.6 Å². The van der Waals surface area contributed by atoms with Crippen LogP contribution in [0.3, 0.4) is 0 Å². The lowest BCUT2D eigenvalue weighted by atomic mass is 10.1. The second-order valence-corrected chi connectivity index (χ2v) is 7.07. The minimum Gasteiger partial charge on any atom is -0.496 e. The summed E-state index contributed by atoms with van der Waals surface area (Å²) >= 11 is 1.19. The SMILES string of the molecule is COc1ccccc1CCNC(=O)CSc1nnc(-c2ccc3c(c2)OCO3)o1. The molecule has 4 rings (SSSR count). The molecule has 9 heteroatoms. The third kappa shape index (κ3) is 4.62. The normalized spacial score (nSPS) is 12.0. The van der Waals surface area contributed by atoms with Crippen LogP contribution in [0.2, 0.25) is 0 Å². The van der Waals surface area contributed by atoms with Crippen molar-refractivity contribution in [2.45, 2.75) is 11.6 Å². The van der Waals surface area contributed by atoms with Crippen LogP contribution in [0.5, 0.6) is 17.2 Å². The zero-order chi connectivity index (χ0) is 20.1. The number of amides is 1. The average molecular weight is 413 g/mol. The first-order valence-electron chi connectivity index (χ1n) is 8.98. The van der Waals surface area contributed by atoms with Crippen molar-refractivity contribution >= 4 is 17.7 Å². The van der Waals surface area contributed by atoms with E-state index in [-0.39, 0.29) is 18.5 Å². The van der Waals surface area contributed by atoms with Crippen molar-refractivity contribution in [3.63, 3.8) is 0 Å². The molecule has 2 aromatic carbocycles. The molecule has 0 radical (unpaired) electrons. The number of aromatic nitrogens is 2. The van der Waals surface area contributed by atoms with Crippen molar-refractivity contribution in [1.29, 1.82) is 0 Å². The maximum atomic E-state index is 12.1. The Bertz CT molecular complexity index is 1010. The van der Waals surface area contributed by atoms with E-state index in [1.54, 1.807) is 19.2 Å². The van der Waals surface area contributed by atoms with Gasteiger partial charge in [0.05, 0.1) is 12.9 Å². The second kappa shape index (κ2) is 8.87. The van der Waals surface area contributed by atoms with Crippen molar-refractivity contribution in [3.8, 4) is 28.7 Å². The van der Waals surface area contributed by atoms with Crippen LogP contribution in [0.15, 0.2) is 52.1 Å². The fourth-order valence-corrected chi connectivity index (χ4v) is 3.43. The highest BCUT2D eigenvalue weighted by atomic mass is 32.2. The Labute approximate surface area is 171 Å². The van der Waals surface area contributed by atoms with Crippen LogP contribution in [0.4, 0.5) is 0 Å². The number of thioether (sulfide) groups is 1. The van der Waals surface area contributed by atoms with Gasteiger partial charge in [-0.05, 0) is 36.2 Å². The fourth-order valence-electron chi connectivity index (χ4n) is 2.84. The highest BCUT2D eigenvalue weighted by Gasteiger charge is 2.17. The van der Waals surface area contributed by atoms with Crippen LogP contribution in [-0.4, -0.2) is 42.3 Å². The van der Waals surface area contributed by atoms with Crippen LogP contribution in [0.1, 0.15) is 5.56 Å². The molecule has 150 valence electrons. The maximum Gasteiger partial charge on any atom is 0.277 e. The zero-order valence-electron chi connectivity index (χ0n) is 15.7. The van der Waals surface area contributed by atoms with Gasteiger partial charge >= 0.3 is 0 Å². The lowest BCUT2D eigenvalue weighted by molar-refractivity contribution is -0.118. The number of ether oxygens (including phenoxy) is 3. The number of carbonyl (C=O) groups excluding carboxylic acids is 1. The molecule has 3 aromatic rings. The van der Waals surface area contributed by atoms with E-state index < -0.39 is 0 Å². The highest BCUT2D eigenvalue weighted by molar-refractivity contribution is 7.99. The summed E-state index contributed by atoms with van der Waals surface area (Å²) < 4.78 is 21.6. The molecule has 0 atom stereocenters. The topological polar surface area (TPSA) is 95.7 Å². The average Bonchev–Trinajstić information content (AvgIpc) is 3.41. The van der Waals surface area contributed by atoms with Gasteiger partial charge in [-0.15, -0.1) is 10.2 Å². The molecule has 2 heterocycles. The molecule has 0 unspecified atom stereocenters. The van der Waals surface area contributed by atoms with Crippen molar-refractivity contribution in [1.82, 2.24) is 15.5 Å². The van der Waals surface area contributed by atoms with Gasteiger partial charge in [0.1, 0.15) is 5.75 Å². The number of hydrogen-bond donors (Lipinski definition) is 1. The minimum atomic E-state index is -0.104. The van der Waals surface area contributed by atoms with E-state index in [1.807, 2.05) is 30.3 Å². The van der Waals surface area contributed by atoms with Gasteiger partial charge < -0.3 is 23.9 Å². The van der Waals surface area contributed by atoms with E-state index in [4.69, 9.17) is 18.6 Å². The van der Waals surface area contributed by atoms with E-state index >= 15 is 0 Å². The first kappa shape index (κ1) is 19.1. The Balaban J connectivity index is 1.26. The van der Waals surface area contributed by atoms with Crippen molar-refractivity contribution in [2.24, 2.45) is 0 Å². The Morgan fingerprint density at radius 1 is 1.17 bits per heavy atom. The molecule has 1 aromatic heterocycles.